The van der Waals surface area contributed by atoms with Crippen molar-refractivity contribution in [3.05, 3.63) is 0 Å². The van der Waals surface area contributed by atoms with Crippen LogP contribution in [0.2, 0.25) is 18.1 Å². The lowest BCUT2D eigenvalue weighted by molar-refractivity contribution is -0.171. The zero-order valence-corrected chi connectivity index (χ0v) is 17.2. The summed E-state index contributed by atoms with van der Waals surface area (Å²) >= 11 is 0. The Bertz CT molecular complexity index is 385. The van der Waals surface area contributed by atoms with Crippen molar-refractivity contribution in [1.82, 2.24) is 5.32 Å². The van der Waals surface area contributed by atoms with E-state index < -0.39 is 14.4 Å². The summed E-state index contributed by atoms with van der Waals surface area (Å²) in [6, 6.07) is 2.87. The molecule has 0 aromatic heterocycles. The Kier molecular flexibility index (Phi) is 10.1. The van der Waals surface area contributed by atoms with Crippen LogP contribution in [0.25, 0.3) is 0 Å². The smallest absolute Gasteiger partial charge is 0.217 e. The van der Waals surface area contributed by atoms with Crippen molar-refractivity contribution in [2.24, 2.45) is 0 Å². The van der Waals surface area contributed by atoms with Crippen LogP contribution in [0, 0.1) is 0 Å². The van der Waals surface area contributed by atoms with Crippen LogP contribution in [0.3, 0.4) is 0 Å². The number of carbonyl (C=O) groups excluding carboxylic acids is 1. The monoisotopic (exact) mass is 377 g/mol. The zero-order valence-electron chi connectivity index (χ0n) is 16.2. The van der Waals surface area contributed by atoms with E-state index in [0.717, 1.165) is 18.1 Å². The van der Waals surface area contributed by atoms with E-state index in [1.807, 2.05) is 0 Å². The van der Waals surface area contributed by atoms with E-state index in [1.165, 1.54) is 6.92 Å². The maximum Gasteiger partial charge on any atom is 0.217 e. The molecule has 1 heterocycles. The Morgan fingerprint density at radius 1 is 1.24 bits per heavy atom. The summed E-state index contributed by atoms with van der Waals surface area (Å²) in [4.78, 5) is 11.6. The average molecular weight is 378 g/mol. The fraction of sp³-hybridized carbons (Fsp3) is 0.941. The van der Waals surface area contributed by atoms with E-state index in [0.29, 0.717) is 13.0 Å². The topological polar surface area (TPSA) is 86.3 Å². The third kappa shape index (κ3) is 6.62. The van der Waals surface area contributed by atoms with Crippen molar-refractivity contribution in [3.8, 4) is 0 Å². The van der Waals surface area contributed by atoms with Gasteiger partial charge in [0.25, 0.3) is 0 Å². The van der Waals surface area contributed by atoms with Crippen LogP contribution >= 0.6 is 0 Å². The highest BCUT2D eigenvalue weighted by Crippen LogP contribution is 2.30. The SMILES string of the molecule is CC[Si](CC)(CC)O[C@@H]1C[C@H](NC(C)=O)[C@H](COCOC)O[C@@H]1CO. The predicted octanol–water partition coefficient (Wildman–Crippen LogP) is 1.65. The van der Waals surface area contributed by atoms with Crippen LogP contribution < -0.4 is 5.32 Å². The molecule has 1 rings (SSSR count). The maximum absolute atomic E-state index is 11.6. The minimum absolute atomic E-state index is 0.111. The van der Waals surface area contributed by atoms with Crippen LogP contribution in [-0.4, -0.2) is 70.8 Å². The fourth-order valence-corrected chi connectivity index (χ4v) is 6.27. The molecule has 0 aromatic rings. The molecule has 2 N–H and O–H groups in total. The van der Waals surface area contributed by atoms with Crippen LogP contribution in [0.15, 0.2) is 0 Å². The van der Waals surface area contributed by atoms with Crippen molar-refractivity contribution < 1.29 is 28.5 Å². The molecule has 1 fully saturated rings. The molecule has 1 aliphatic heterocycles. The second-order valence-corrected chi connectivity index (χ2v) is 11.3. The first-order valence-corrected chi connectivity index (χ1v) is 11.8. The summed E-state index contributed by atoms with van der Waals surface area (Å²) in [5, 5.41) is 12.7. The number of hydrogen-bond acceptors (Lipinski definition) is 6. The van der Waals surface area contributed by atoms with Gasteiger partial charge in [0, 0.05) is 14.0 Å². The van der Waals surface area contributed by atoms with Gasteiger partial charge in [0.05, 0.1) is 25.4 Å². The lowest BCUT2D eigenvalue weighted by Gasteiger charge is -2.44. The molecular formula is C17H35NO6Si. The van der Waals surface area contributed by atoms with Crippen LogP contribution in [0.1, 0.15) is 34.1 Å². The molecule has 4 atom stereocenters. The highest BCUT2D eigenvalue weighted by atomic mass is 28.4. The molecule has 0 aliphatic carbocycles. The van der Waals surface area contributed by atoms with Gasteiger partial charge in [-0.2, -0.15) is 0 Å². The summed E-state index contributed by atoms with van der Waals surface area (Å²) in [6.07, 6.45) is -0.345. The molecule has 1 aliphatic rings. The molecule has 0 unspecified atom stereocenters. The van der Waals surface area contributed by atoms with Gasteiger partial charge in [-0.15, -0.1) is 0 Å². The van der Waals surface area contributed by atoms with Gasteiger partial charge in [-0.3, -0.25) is 4.79 Å². The number of aliphatic hydroxyl groups excluding tert-OH is 1. The van der Waals surface area contributed by atoms with E-state index in [9.17, 15) is 9.90 Å². The van der Waals surface area contributed by atoms with E-state index >= 15 is 0 Å². The van der Waals surface area contributed by atoms with Gasteiger partial charge in [-0.1, -0.05) is 20.8 Å². The van der Waals surface area contributed by atoms with Gasteiger partial charge in [-0.25, -0.2) is 0 Å². The van der Waals surface area contributed by atoms with Gasteiger partial charge in [0.2, 0.25) is 5.91 Å². The molecule has 0 spiro atoms. The lowest BCUT2D eigenvalue weighted by Crippen LogP contribution is -2.59. The molecule has 0 radical (unpaired) electrons. The Morgan fingerprint density at radius 3 is 2.36 bits per heavy atom. The lowest BCUT2D eigenvalue weighted by atomic mass is 9.96. The third-order valence-corrected chi connectivity index (χ3v) is 9.75. The molecule has 0 bridgehead atoms. The Morgan fingerprint density at radius 2 is 1.88 bits per heavy atom. The van der Waals surface area contributed by atoms with E-state index in [4.69, 9.17) is 18.6 Å². The first kappa shape index (κ1) is 22.5. The van der Waals surface area contributed by atoms with Crippen LogP contribution in [0.4, 0.5) is 0 Å². The Hall–Kier alpha value is -0.513. The number of methoxy groups -OCH3 is 1. The summed E-state index contributed by atoms with van der Waals surface area (Å²) in [6.45, 7) is 8.34. The number of rotatable bonds is 11. The number of aliphatic hydroxyl groups is 1. The van der Waals surface area contributed by atoms with Crippen molar-refractivity contribution >= 4 is 14.2 Å². The van der Waals surface area contributed by atoms with Gasteiger partial charge in [-0.05, 0) is 24.6 Å². The molecule has 0 saturated carbocycles. The van der Waals surface area contributed by atoms with Gasteiger partial charge >= 0.3 is 0 Å². The van der Waals surface area contributed by atoms with Crippen LogP contribution in [-0.2, 0) is 23.4 Å². The summed E-state index contributed by atoms with van der Waals surface area (Å²) < 4.78 is 22.9. The minimum atomic E-state index is -1.84. The molecule has 25 heavy (non-hydrogen) atoms. The van der Waals surface area contributed by atoms with Gasteiger partial charge < -0.3 is 29.1 Å². The molecule has 8 heteroatoms. The average Bonchev–Trinajstić information content (AvgIpc) is 2.61. The van der Waals surface area contributed by atoms with Crippen LogP contribution in [0.5, 0.6) is 0 Å². The van der Waals surface area contributed by atoms with Gasteiger partial charge in [0.15, 0.2) is 8.32 Å². The summed E-state index contributed by atoms with van der Waals surface area (Å²) in [7, 11) is -0.287. The zero-order chi connectivity index (χ0) is 18.9. The number of nitrogens with one attached hydrogen (secondary N) is 1. The first-order valence-electron chi connectivity index (χ1n) is 9.23. The van der Waals surface area contributed by atoms with Crippen molar-refractivity contribution in [2.75, 3.05) is 27.1 Å². The second kappa shape index (κ2) is 11.3. The van der Waals surface area contributed by atoms with Crippen molar-refractivity contribution in [2.45, 2.75) is 76.6 Å². The molecule has 148 valence electrons. The Balaban J connectivity index is 2.87. The second-order valence-electron chi connectivity index (χ2n) is 6.62. The molecular weight excluding hydrogens is 342 g/mol. The summed E-state index contributed by atoms with van der Waals surface area (Å²) in [5.74, 6) is -0.114. The highest BCUT2D eigenvalue weighted by molar-refractivity contribution is 6.73. The quantitative estimate of drug-likeness (QED) is 0.323. The number of ether oxygens (including phenoxy) is 3. The molecule has 7 nitrogen and oxygen atoms in total. The highest BCUT2D eigenvalue weighted by Gasteiger charge is 2.42. The normalized spacial score (nSPS) is 27.3. The Labute approximate surface area is 152 Å². The summed E-state index contributed by atoms with van der Waals surface area (Å²) in [5.41, 5.74) is 0. The standard InChI is InChI=1S/C17H35NO6Si/c1-6-25(7-2,8-3)24-15-9-14(18-13(4)20)17(11-22-12-21-5)23-16(15)10-19/h14-17,19H,6-12H2,1-5H3,(H,18,20)/t14-,15+,16+,17-/m0/s1. The van der Waals surface area contributed by atoms with Crippen molar-refractivity contribution in [1.29, 1.82) is 0 Å². The largest absolute Gasteiger partial charge is 0.411 e. The van der Waals surface area contributed by atoms with E-state index in [-0.39, 0.29) is 37.6 Å². The molecule has 0 aromatic carbocycles. The number of carbonyl (C=O) groups is 1. The maximum atomic E-state index is 11.6. The minimum Gasteiger partial charge on any atom is -0.411 e. The van der Waals surface area contributed by atoms with E-state index in [2.05, 4.69) is 26.1 Å². The first-order chi connectivity index (χ1) is 11.9. The van der Waals surface area contributed by atoms with E-state index in [1.54, 1.807) is 7.11 Å². The van der Waals surface area contributed by atoms with Crippen molar-refractivity contribution in [3.63, 3.8) is 0 Å². The van der Waals surface area contributed by atoms with Gasteiger partial charge in [0.1, 0.15) is 19.0 Å². The number of amides is 1. The molecule has 1 amide bonds. The third-order valence-electron chi connectivity index (χ3n) is 5.09. The molecule has 1 saturated heterocycles. The predicted molar refractivity (Wildman–Crippen MR) is 97.9 cm³/mol. The fourth-order valence-electron chi connectivity index (χ4n) is 3.38. The number of hydrogen-bond donors (Lipinski definition) is 2.